The summed E-state index contributed by atoms with van der Waals surface area (Å²) in [6.07, 6.45) is 0. The highest BCUT2D eigenvalue weighted by molar-refractivity contribution is 5.92. The van der Waals surface area contributed by atoms with E-state index in [1.54, 1.807) is 6.07 Å². The Labute approximate surface area is 173 Å². The summed E-state index contributed by atoms with van der Waals surface area (Å²) in [5.74, 6) is 0.593. The molecule has 1 saturated heterocycles. The summed E-state index contributed by atoms with van der Waals surface area (Å²) in [4.78, 5) is 19.2. The molecule has 1 amide bonds. The van der Waals surface area contributed by atoms with Crippen molar-refractivity contribution in [3.8, 4) is 0 Å². The molecule has 3 rings (SSSR count). The minimum absolute atomic E-state index is 0.0421. The number of piperazine rings is 1. The maximum Gasteiger partial charge on any atom is 0.274 e. The van der Waals surface area contributed by atoms with Gasteiger partial charge in [0.25, 0.3) is 5.91 Å². The Morgan fingerprint density at radius 1 is 1.03 bits per heavy atom. The number of hydrogen-bond acceptors (Lipinski definition) is 6. The summed E-state index contributed by atoms with van der Waals surface area (Å²) in [6.45, 7) is 14.9. The van der Waals surface area contributed by atoms with Crippen molar-refractivity contribution >= 4 is 23.1 Å². The number of aromatic nitrogens is 2. The van der Waals surface area contributed by atoms with Crippen LogP contribution in [0.15, 0.2) is 30.3 Å². The standard InChI is InChI=1S/C22H32N6O/c1-5-26-12-14-28(15-13-26)22(29)20-10-11-21(25-24-20)23-19-9-8-18(16-17(19)4)27(6-2)7-3/h8-11,16H,5-7,12-15H2,1-4H3,(H,23,25). The van der Waals surface area contributed by atoms with E-state index in [9.17, 15) is 4.79 Å². The first-order valence-electron chi connectivity index (χ1n) is 10.5. The van der Waals surface area contributed by atoms with Crippen LogP contribution >= 0.6 is 0 Å². The number of nitrogens with zero attached hydrogens (tertiary/aromatic N) is 5. The summed E-state index contributed by atoms with van der Waals surface area (Å²) >= 11 is 0. The van der Waals surface area contributed by atoms with Crippen LogP contribution < -0.4 is 10.2 Å². The van der Waals surface area contributed by atoms with Gasteiger partial charge >= 0.3 is 0 Å². The highest BCUT2D eigenvalue weighted by Gasteiger charge is 2.22. The number of carbonyl (C=O) groups excluding carboxylic acids is 1. The van der Waals surface area contributed by atoms with E-state index >= 15 is 0 Å². The van der Waals surface area contributed by atoms with Gasteiger partial charge in [-0.15, -0.1) is 10.2 Å². The molecule has 1 aliphatic heterocycles. The highest BCUT2D eigenvalue weighted by atomic mass is 16.2. The number of anilines is 3. The van der Waals surface area contributed by atoms with Crippen molar-refractivity contribution in [3.05, 3.63) is 41.6 Å². The van der Waals surface area contributed by atoms with E-state index in [4.69, 9.17) is 0 Å². The molecule has 1 aromatic heterocycles. The zero-order chi connectivity index (χ0) is 20.8. The molecule has 1 aliphatic rings. The van der Waals surface area contributed by atoms with E-state index in [1.165, 1.54) is 5.69 Å². The smallest absolute Gasteiger partial charge is 0.274 e. The van der Waals surface area contributed by atoms with Gasteiger partial charge in [0.05, 0.1) is 0 Å². The molecule has 7 nitrogen and oxygen atoms in total. The molecular formula is C22H32N6O. The Bertz CT molecular complexity index is 811. The molecule has 1 fully saturated rings. The number of hydrogen-bond donors (Lipinski definition) is 1. The lowest BCUT2D eigenvalue weighted by Crippen LogP contribution is -2.48. The van der Waals surface area contributed by atoms with E-state index in [0.717, 1.165) is 57.1 Å². The average Bonchev–Trinajstić information content (AvgIpc) is 2.76. The number of amides is 1. The number of rotatable bonds is 7. The van der Waals surface area contributed by atoms with Crippen molar-refractivity contribution in [2.75, 3.05) is 56.0 Å². The maximum atomic E-state index is 12.7. The minimum Gasteiger partial charge on any atom is -0.372 e. The molecule has 1 N–H and O–H groups in total. The zero-order valence-corrected chi connectivity index (χ0v) is 18.0. The van der Waals surface area contributed by atoms with Gasteiger partial charge in [-0.1, -0.05) is 6.92 Å². The minimum atomic E-state index is -0.0421. The Balaban J connectivity index is 1.64. The summed E-state index contributed by atoms with van der Waals surface area (Å²) in [5.41, 5.74) is 3.75. The van der Waals surface area contributed by atoms with Crippen LogP contribution in [0.25, 0.3) is 0 Å². The van der Waals surface area contributed by atoms with Crippen LogP contribution in [0.5, 0.6) is 0 Å². The third-order valence-electron chi connectivity index (χ3n) is 5.59. The number of nitrogens with one attached hydrogen (secondary N) is 1. The van der Waals surface area contributed by atoms with Gasteiger partial charge in [0.15, 0.2) is 11.5 Å². The predicted octanol–water partition coefficient (Wildman–Crippen LogP) is 3.15. The Morgan fingerprint density at radius 2 is 1.76 bits per heavy atom. The van der Waals surface area contributed by atoms with Gasteiger partial charge < -0.3 is 20.0 Å². The first-order valence-corrected chi connectivity index (χ1v) is 10.5. The lowest BCUT2D eigenvalue weighted by atomic mass is 10.1. The largest absolute Gasteiger partial charge is 0.372 e. The fraction of sp³-hybridized carbons (Fsp3) is 0.500. The first kappa shape index (κ1) is 21.0. The molecule has 0 bridgehead atoms. The number of aryl methyl sites for hydroxylation is 1. The Kier molecular flexibility index (Phi) is 7.04. The van der Waals surface area contributed by atoms with Crippen molar-refractivity contribution in [2.24, 2.45) is 0 Å². The lowest BCUT2D eigenvalue weighted by molar-refractivity contribution is 0.0636. The van der Waals surface area contributed by atoms with Gasteiger partial charge in [0.2, 0.25) is 0 Å². The monoisotopic (exact) mass is 396 g/mol. The molecular weight excluding hydrogens is 364 g/mol. The van der Waals surface area contributed by atoms with Crippen LogP contribution in [0.1, 0.15) is 36.8 Å². The van der Waals surface area contributed by atoms with Gasteiger partial charge in [0, 0.05) is 50.6 Å². The molecule has 29 heavy (non-hydrogen) atoms. The highest BCUT2D eigenvalue weighted by Crippen LogP contribution is 2.25. The number of likely N-dealkylation sites (N-methyl/N-ethyl adjacent to an activating group) is 1. The summed E-state index contributed by atoms with van der Waals surface area (Å²) in [6, 6.07) is 9.93. The molecule has 2 aromatic rings. The summed E-state index contributed by atoms with van der Waals surface area (Å²) in [5, 5.41) is 11.7. The van der Waals surface area contributed by atoms with Crippen LogP contribution in [0.3, 0.4) is 0 Å². The van der Waals surface area contributed by atoms with Crippen LogP contribution in [0.2, 0.25) is 0 Å². The van der Waals surface area contributed by atoms with E-state index < -0.39 is 0 Å². The molecule has 0 atom stereocenters. The topological polar surface area (TPSA) is 64.6 Å². The van der Waals surface area contributed by atoms with E-state index in [-0.39, 0.29) is 5.91 Å². The Morgan fingerprint density at radius 3 is 2.31 bits per heavy atom. The second-order valence-electron chi connectivity index (χ2n) is 7.33. The predicted molar refractivity (Wildman–Crippen MR) is 118 cm³/mol. The van der Waals surface area contributed by atoms with Gasteiger partial charge in [-0.25, -0.2) is 0 Å². The fourth-order valence-electron chi connectivity index (χ4n) is 3.65. The second kappa shape index (κ2) is 9.69. The molecule has 1 aromatic carbocycles. The van der Waals surface area contributed by atoms with E-state index in [2.05, 4.69) is 71.2 Å². The molecule has 0 saturated carbocycles. The number of carbonyl (C=O) groups is 1. The van der Waals surface area contributed by atoms with E-state index in [0.29, 0.717) is 11.5 Å². The van der Waals surface area contributed by atoms with Crippen LogP contribution in [0, 0.1) is 6.92 Å². The molecule has 0 aliphatic carbocycles. The van der Waals surface area contributed by atoms with Gasteiger partial charge in [-0.05, 0) is 63.2 Å². The molecule has 7 heteroatoms. The van der Waals surface area contributed by atoms with Crippen molar-refractivity contribution < 1.29 is 4.79 Å². The van der Waals surface area contributed by atoms with E-state index in [1.807, 2.05) is 11.0 Å². The van der Waals surface area contributed by atoms with Gasteiger partial charge in [-0.3, -0.25) is 4.79 Å². The lowest BCUT2D eigenvalue weighted by Gasteiger charge is -2.33. The van der Waals surface area contributed by atoms with Crippen molar-refractivity contribution in [2.45, 2.75) is 27.7 Å². The van der Waals surface area contributed by atoms with Crippen molar-refractivity contribution in [1.82, 2.24) is 20.0 Å². The normalized spacial score (nSPS) is 14.7. The zero-order valence-electron chi connectivity index (χ0n) is 18.0. The van der Waals surface area contributed by atoms with Gasteiger partial charge in [0.1, 0.15) is 0 Å². The maximum absolute atomic E-state index is 12.7. The van der Waals surface area contributed by atoms with Crippen molar-refractivity contribution in [1.29, 1.82) is 0 Å². The van der Waals surface area contributed by atoms with Crippen LogP contribution in [-0.4, -0.2) is 71.7 Å². The first-order chi connectivity index (χ1) is 14.0. The third-order valence-corrected chi connectivity index (χ3v) is 5.59. The van der Waals surface area contributed by atoms with Gasteiger partial charge in [-0.2, -0.15) is 0 Å². The average molecular weight is 397 g/mol. The number of benzene rings is 1. The molecule has 0 spiro atoms. The van der Waals surface area contributed by atoms with Crippen molar-refractivity contribution in [3.63, 3.8) is 0 Å². The summed E-state index contributed by atoms with van der Waals surface area (Å²) in [7, 11) is 0. The molecule has 0 unspecified atom stereocenters. The molecule has 2 heterocycles. The summed E-state index contributed by atoms with van der Waals surface area (Å²) < 4.78 is 0. The third kappa shape index (κ3) is 5.03. The molecule has 0 radical (unpaired) electrons. The fourth-order valence-corrected chi connectivity index (χ4v) is 3.65. The van der Waals surface area contributed by atoms with Crippen LogP contribution in [0.4, 0.5) is 17.2 Å². The van der Waals surface area contributed by atoms with Crippen LogP contribution in [-0.2, 0) is 0 Å². The second-order valence-corrected chi connectivity index (χ2v) is 7.33. The molecule has 156 valence electrons. The Hall–Kier alpha value is -2.67. The SMILES string of the molecule is CCN1CCN(C(=O)c2ccc(Nc3ccc(N(CC)CC)cc3C)nn2)CC1. The quantitative estimate of drug-likeness (QED) is 0.776.